The molecule has 2 aromatic rings. The van der Waals surface area contributed by atoms with E-state index in [1.54, 1.807) is 7.11 Å². The molecule has 3 fully saturated rings. The molecule has 6 nitrogen and oxygen atoms in total. The van der Waals surface area contributed by atoms with E-state index in [-0.39, 0.29) is 36.0 Å². The molecule has 2 aliphatic heterocycles. The van der Waals surface area contributed by atoms with Crippen molar-refractivity contribution in [1.82, 2.24) is 9.80 Å². The molecule has 2 heterocycles. The Hall–Kier alpha value is -2.12. The summed E-state index contributed by atoms with van der Waals surface area (Å²) in [6, 6.07) is 11.6. The number of carbonyl (C=O) groups is 2. The fourth-order valence-electron chi connectivity index (χ4n) is 6.18. The predicted molar refractivity (Wildman–Crippen MR) is 150 cm³/mol. The van der Waals surface area contributed by atoms with Crippen LogP contribution in [0, 0.1) is 5.92 Å². The van der Waals surface area contributed by atoms with Gasteiger partial charge in [-0.05, 0) is 92.3 Å². The number of hydrogen-bond acceptors (Lipinski definition) is 4. The van der Waals surface area contributed by atoms with Gasteiger partial charge >= 0.3 is 0 Å². The standard InChI is InChI=1S/C30H36Cl2N2O4/c1-38-25-11-13-33(14-12-25)29(36)20-4-2-19(3-5-20)22-17-27(31)26(28(32)18-22)16-21-10-15-34(30(21)37)23-6-8-24(35)9-7-23/h2-5,17-18,21,23-25,35H,6-16H2,1H3. The van der Waals surface area contributed by atoms with Crippen molar-refractivity contribution in [3.05, 3.63) is 57.6 Å². The molecule has 1 aliphatic carbocycles. The highest BCUT2D eigenvalue weighted by molar-refractivity contribution is 6.36. The normalized spacial score (nSPS) is 24.7. The monoisotopic (exact) mass is 558 g/mol. The Morgan fingerprint density at radius 1 is 0.921 bits per heavy atom. The van der Waals surface area contributed by atoms with Gasteiger partial charge in [0.2, 0.25) is 5.91 Å². The van der Waals surface area contributed by atoms with Gasteiger partial charge in [-0.1, -0.05) is 35.3 Å². The number of ether oxygens (including phenoxy) is 1. The van der Waals surface area contributed by atoms with Crippen molar-refractivity contribution in [2.24, 2.45) is 5.92 Å². The van der Waals surface area contributed by atoms with E-state index in [0.29, 0.717) is 35.1 Å². The molecule has 2 aromatic carbocycles. The topological polar surface area (TPSA) is 70.1 Å². The number of halogens is 2. The summed E-state index contributed by atoms with van der Waals surface area (Å²) in [6.45, 7) is 2.17. The minimum atomic E-state index is -0.230. The van der Waals surface area contributed by atoms with Crippen LogP contribution < -0.4 is 0 Å². The SMILES string of the molecule is COC1CCN(C(=O)c2ccc(-c3cc(Cl)c(CC4CCN(C5CCC(O)CC5)C4=O)c(Cl)c3)cc2)CC1. The molecule has 204 valence electrons. The van der Waals surface area contributed by atoms with Crippen LogP contribution in [0.5, 0.6) is 0 Å². The molecule has 1 saturated carbocycles. The third-order valence-corrected chi connectivity index (χ3v) is 9.25. The molecule has 8 heteroatoms. The van der Waals surface area contributed by atoms with Crippen LogP contribution in [0.4, 0.5) is 0 Å². The van der Waals surface area contributed by atoms with Crippen molar-refractivity contribution in [3.8, 4) is 11.1 Å². The first-order valence-corrected chi connectivity index (χ1v) is 14.5. The van der Waals surface area contributed by atoms with Crippen molar-refractivity contribution in [1.29, 1.82) is 0 Å². The molecule has 0 radical (unpaired) electrons. The zero-order valence-corrected chi connectivity index (χ0v) is 23.4. The second kappa shape index (κ2) is 12.0. The summed E-state index contributed by atoms with van der Waals surface area (Å²) < 4.78 is 5.41. The van der Waals surface area contributed by atoms with E-state index in [4.69, 9.17) is 27.9 Å². The Morgan fingerprint density at radius 3 is 2.16 bits per heavy atom. The van der Waals surface area contributed by atoms with Crippen molar-refractivity contribution in [2.75, 3.05) is 26.7 Å². The van der Waals surface area contributed by atoms with Crippen LogP contribution in [-0.2, 0) is 16.0 Å². The maximum Gasteiger partial charge on any atom is 0.253 e. The zero-order chi connectivity index (χ0) is 26.8. The van der Waals surface area contributed by atoms with Crippen LogP contribution in [-0.4, -0.2) is 71.7 Å². The Labute approximate surface area is 234 Å². The molecule has 1 atom stereocenters. The van der Waals surface area contributed by atoms with Gasteiger partial charge in [-0.15, -0.1) is 0 Å². The smallest absolute Gasteiger partial charge is 0.253 e. The number of nitrogens with zero attached hydrogens (tertiary/aromatic N) is 2. The van der Waals surface area contributed by atoms with E-state index in [9.17, 15) is 14.7 Å². The van der Waals surface area contributed by atoms with Crippen LogP contribution in [0.15, 0.2) is 36.4 Å². The highest BCUT2D eigenvalue weighted by Gasteiger charge is 2.37. The van der Waals surface area contributed by atoms with E-state index in [2.05, 4.69) is 0 Å². The minimum Gasteiger partial charge on any atom is -0.393 e. The summed E-state index contributed by atoms with van der Waals surface area (Å²) in [6.07, 6.45) is 6.31. The van der Waals surface area contributed by atoms with Gasteiger partial charge in [0.05, 0.1) is 12.2 Å². The van der Waals surface area contributed by atoms with Crippen molar-refractivity contribution < 1.29 is 19.4 Å². The van der Waals surface area contributed by atoms with Crippen LogP contribution >= 0.6 is 23.2 Å². The lowest BCUT2D eigenvalue weighted by atomic mass is 9.92. The number of hydrogen-bond donors (Lipinski definition) is 1. The van der Waals surface area contributed by atoms with Gasteiger partial charge in [0.15, 0.2) is 0 Å². The van der Waals surface area contributed by atoms with E-state index in [1.807, 2.05) is 46.2 Å². The van der Waals surface area contributed by atoms with Crippen LogP contribution in [0.1, 0.15) is 60.9 Å². The van der Waals surface area contributed by atoms with Gasteiger partial charge in [-0.2, -0.15) is 0 Å². The molecule has 0 aromatic heterocycles. The summed E-state index contributed by atoms with van der Waals surface area (Å²) in [5.74, 6) is 0.0912. The van der Waals surface area contributed by atoms with Gasteiger partial charge in [-0.25, -0.2) is 0 Å². The first-order chi connectivity index (χ1) is 18.3. The molecule has 38 heavy (non-hydrogen) atoms. The summed E-state index contributed by atoms with van der Waals surface area (Å²) in [4.78, 5) is 30.0. The molecule has 5 rings (SSSR count). The Morgan fingerprint density at radius 2 is 1.55 bits per heavy atom. The third kappa shape index (κ3) is 5.89. The number of methoxy groups -OCH3 is 1. The molecule has 0 bridgehead atoms. The van der Waals surface area contributed by atoms with Crippen LogP contribution in [0.25, 0.3) is 11.1 Å². The Kier molecular flexibility index (Phi) is 8.63. The Bertz CT molecular complexity index is 1130. The average Bonchev–Trinajstić information content (AvgIpc) is 3.30. The number of amides is 2. The lowest BCUT2D eigenvalue weighted by molar-refractivity contribution is -0.133. The molecule has 1 N–H and O–H groups in total. The second-order valence-corrected chi connectivity index (χ2v) is 11.7. The van der Waals surface area contributed by atoms with Crippen molar-refractivity contribution >= 4 is 35.0 Å². The lowest BCUT2D eigenvalue weighted by Crippen LogP contribution is -2.41. The van der Waals surface area contributed by atoms with Crippen LogP contribution in [0.2, 0.25) is 10.0 Å². The molecule has 2 amide bonds. The number of benzene rings is 2. The number of carbonyl (C=O) groups excluding carboxylic acids is 2. The summed E-state index contributed by atoms with van der Waals surface area (Å²) in [7, 11) is 1.72. The average molecular weight is 560 g/mol. The van der Waals surface area contributed by atoms with E-state index < -0.39 is 0 Å². The quantitative estimate of drug-likeness (QED) is 0.500. The van der Waals surface area contributed by atoms with Gasteiger partial charge < -0.3 is 19.6 Å². The Balaban J connectivity index is 1.23. The van der Waals surface area contributed by atoms with E-state index in [1.165, 1.54) is 0 Å². The van der Waals surface area contributed by atoms with Gasteiger partial charge in [-0.3, -0.25) is 9.59 Å². The first-order valence-electron chi connectivity index (χ1n) is 13.7. The fourth-order valence-corrected chi connectivity index (χ4v) is 6.82. The first kappa shape index (κ1) is 27.4. The van der Waals surface area contributed by atoms with Crippen LogP contribution in [0.3, 0.4) is 0 Å². The zero-order valence-electron chi connectivity index (χ0n) is 21.9. The molecule has 1 unspecified atom stereocenters. The molecule has 0 spiro atoms. The van der Waals surface area contributed by atoms with Crippen molar-refractivity contribution in [3.63, 3.8) is 0 Å². The lowest BCUT2D eigenvalue weighted by Gasteiger charge is -2.33. The largest absolute Gasteiger partial charge is 0.393 e. The summed E-state index contributed by atoms with van der Waals surface area (Å²) in [5, 5.41) is 10.9. The highest BCUT2D eigenvalue weighted by atomic mass is 35.5. The maximum absolute atomic E-state index is 13.2. The number of aliphatic hydroxyl groups is 1. The molecular formula is C30H36Cl2N2O4. The highest BCUT2D eigenvalue weighted by Crippen LogP contribution is 2.37. The van der Waals surface area contributed by atoms with E-state index >= 15 is 0 Å². The summed E-state index contributed by atoms with van der Waals surface area (Å²) in [5.41, 5.74) is 3.28. The van der Waals surface area contributed by atoms with Gasteiger partial charge in [0.1, 0.15) is 0 Å². The number of likely N-dealkylation sites (tertiary alicyclic amines) is 2. The molecular weight excluding hydrogens is 523 g/mol. The summed E-state index contributed by atoms with van der Waals surface area (Å²) >= 11 is 13.4. The van der Waals surface area contributed by atoms with Crippen molar-refractivity contribution in [2.45, 2.75) is 69.6 Å². The molecule has 3 aliphatic rings. The number of piperidine rings is 1. The minimum absolute atomic E-state index is 0.0391. The van der Waals surface area contributed by atoms with Gasteiger partial charge in [0, 0.05) is 54.3 Å². The predicted octanol–water partition coefficient (Wildman–Crippen LogP) is 5.61. The fraction of sp³-hybridized carbons (Fsp3) is 0.533. The second-order valence-electron chi connectivity index (χ2n) is 10.9. The van der Waals surface area contributed by atoms with Gasteiger partial charge in [0.25, 0.3) is 5.91 Å². The molecule has 2 saturated heterocycles. The number of aliphatic hydroxyl groups excluding tert-OH is 1. The maximum atomic E-state index is 13.2. The van der Waals surface area contributed by atoms with E-state index in [0.717, 1.165) is 68.2 Å². The third-order valence-electron chi connectivity index (χ3n) is 8.58. The number of rotatable bonds is 6.